The van der Waals surface area contributed by atoms with Gasteiger partial charge in [-0.15, -0.1) is 0 Å². The van der Waals surface area contributed by atoms with E-state index >= 15 is 0 Å². The van der Waals surface area contributed by atoms with Crippen LogP contribution in [0.2, 0.25) is 0 Å². The number of piperidine rings is 1. The van der Waals surface area contributed by atoms with Crippen LogP contribution >= 0.6 is 0 Å². The molecule has 1 aromatic carbocycles. The molecule has 0 unspecified atom stereocenters. The van der Waals surface area contributed by atoms with Crippen molar-refractivity contribution in [1.82, 2.24) is 4.90 Å². The molecule has 4 aliphatic heterocycles. The van der Waals surface area contributed by atoms with Gasteiger partial charge in [-0.3, -0.25) is 9.69 Å². The number of carbonyl (C=O) groups is 2. The van der Waals surface area contributed by atoms with Gasteiger partial charge in [-0.1, -0.05) is 30.3 Å². The van der Waals surface area contributed by atoms with Gasteiger partial charge in [-0.25, -0.2) is 4.79 Å². The number of aliphatic carboxylic acids is 1. The van der Waals surface area contributed by atoms with Crippen LogP contribution in [-0.4, -0.2) is 112 Å². The molecule has 5 rings (SSSR count). The number of likely N-dealkylation sites (N-methyl/N-ethyl adjacent to an activating group) is 1. The van der Waals surface area contributed by atoms with E-state index in [2.05, 4.69) is 11.9 Å². The number of ether oxygens (including phenoxy) is 4. The van der Waals surface area contributed by atoms with E-state index in [1.54, 1.807) is 30.3 Å². The molecule has 34 heavy (non-hydrogen) atoms. The number of benzene rings is 1. The predicted octanol–water partition coefficient (Wildman–Crippen LogP) is -1.17. The number of hydrogen-bond acceptors (Lipinski definition) is 10. The highest BCUT2D eigenvalue weighted by Crippen LogP contribution is 2.48. The molecule has 11 heteroatoms. The molecule has 0 spiro atoms. The van der Waals surface area contributed by atoms with Crippen LogP contribution in [-0.2, 0) is 28.5 Å². The maximum Gasteiger partial charge on any atom is 0.335 e. The summed E-state index contributed by atoms with van der Waals surface area (Å²) in [7, 11) is 2.06. The van der Waals surface area contributed by atoms with E-state index in [0.29, 0.717) is 18.4 Å². The maximum absolute atomic E-state index is 13.2. The fourth-order valence-electron chi connectivity index (χ4n) is 5.41. The summed E-state index contributed by atoms with van der Waals surface area (Å²) in [6, 6.07) is 9.27. The third-order valence-corrected chi connectivity index (χ3v) is 7.38. The number of carbonyl (C=O) groups excluding carboxylic acids is 1. The van der Waals surface area contributed by atoms with Crippen LogP contribution in [0.5, 0.6) is 0 Å². The zero-order valence-corrected chi connectivity index (χ0v) is 18.5. The second kappa shape index (κ2) is 9.15. The molecule has 0 saturated carbocycles. The fourth-order valence-corrected chi connectivity index (χ4v) is 5.41. The van der Waals surface area contributed by atoms with E-state index in [1.165, 1.54) is 0 Å². The molecule has 1 aromatic rings. The number of fused-ring (bicyclic) bond motifs is 5. The summed E-state index contributed by atoms with van der Waals surface area (Å²) in [6.07, 6.45) is -7.13. The molecule has 4 fully saturated rings. The van der Waals surface area contributed by atoms with Crippen molar-refractivity contribution in [3.8, 4) is 0 Å². The lowest BCUT2D eigenvalue weighted by Crippen LogP contribution is -2.60. The molecule has 10 atom stereocenters. The van der Waals surface area contributed by atoms with Gasteiger partial charge in [0.15, 0.2) is 12.4 Å². The molecule has 0 radical (unpaired) electrons. The third-order valence-electron chi connectivity index (χ3n) is 7.38. The van der Waals surface area contributed by atoms with Crippen LogP contribution in [0.15, 0.2) is 30.3 Å². The van der Waals surface area contributed by atoms with Crippen LogP contribution in [0, 0.1) is 0 Å². The third kappa shape index (κ3) is 4.22. The number of carboxylic acid groups (broad SMARTS) is 1. The van der Waals surface area contributed by atoms with Crippen molar-refractivity contribution in [3.05, 3.63) is 35.9 Å². The number of esters is 1. The Balaban J connectivity index is 1.26. The minimum absolute atomic E-state index is 0.209. The Morgan fingerprint density at radius 2 is 1.68 bits per heavy atom. The monoisotopic (exact) mass is 479 g/mol. The Bertz CT molecular complexity index is 896. The Morgan fingerprint density at radius 1 is 1.03 bits per heavy atom. The molecule has 4 heterocycles. The lowest BCUT2D eigenvalue weighted by molar-refractivity contribution is -0.294. The smallest absolute Gasteiger partial charge is 0.335 e. The summed E-state index contributed by atoms with van der Waals surface area (Å²) in [5.41, 5.74) is 0.621. The van der Waals surface area contributed by atoms with Crippen molar-refractivity contribution >= 4 is 11.9 Å². The molecule has 186 valence electrons. The number of epoxide rings is 1. The topological polar surface area (TPSA) is 159 Å². The Hall–Kier alpha value is -2.12. The minimum Gasteiger partial charge on any atom is -0.479 e. The van der Waals surface area contributed by atoms with Gasteiger partial charge in [-0.05, 0) is 12.6 Å². The maximum atomic E-state index is 13.2. The number of nitrogens with zero attached hydrogens (tertiary/aromatic N) is 1. The van der Waals surface area contributed by atoms with E-state index in [-0.39, 0.29) is 37.0 Å². The predicted molar refractivity (Wildman–Crippen MR) is 113 cm³/mol. The average molecular weight is 479 g/mol. The largest absolute Gasteiger partial charge is 0.479 e. The molecule has 2 bridgehead atoms. The van der Waals surface area contributed by atoms with Gasteiger partial charge in [0, 0.05) is 24.9 Å². The number of hydrogen-bond donors (Lipinski definition) is 4. The first kappa shape index (κ1) is 23.6. The van der Waals surface area contributed by atoms with Crippen molar-refractivity contribution in [3.63, 3.8) is 0 Å². The fraction of sp³-hybridized carbons (Fsp3) is 0.652. The Labute approximate surface area is 195 Å². The van der Waals surface area contributed by atoms with Gasteiger partial charge in [0.05, 0.1) is 6.61 Å². The molecule has 0 aromatic heterocycles. The standard InChI is InChI=1S/C23H29NO10/c1-24-13-7-11(8-14(24)19-18(13)33-19)32-22(30)12(10-5-3-2-4-6-10)9-31-23-17(27)15(25)16(26)20(34-23)21(28)29/h2-6,11-20,23,25-27H,7-9H2,1H3,(H,28,29)/t12-,13-,14-,15-,16-,17+,18-,19-,20-,23+/m0/s1. The highest BCUT2D eigenvalue weighted by molar-refractivity contribution is 5.78. The van der Waals surface area contributed by atoms with Crippen molar-refractivity contribution < 1.29 is 49.0 Å². The SMILES string of the molecule is CN1[C@H]2CC(OC(=O)[C@@H](CO[C@@H]3O[C@H](C(=O)O)[C@@H](O)[C@H](O)[C@H]3O)c3ccccc3)C[C@H]1[C@@H]1O[C@H]12. The van der Waals surface area contributed by atoms with Crippen LogP contribution in [0.25, 0.3) is 0 Å². The summed E-state index contributed by atoms with van der Waals surface area (Å²) < 4.78 is 22.3. The van der Waals surface area contributed by atoms with Crippen molar-refractivity contribution in [2.75, 3.05) is 13.7 Å². The molecule has 0 aliphatic carbocycles. The second-order valence-corrected chi connectivity index (χ2v) is 9.43. The van der Waals surface area contributed by atoms with Gasteiger partial charge >= 0.3 is 11.9 Å². The first-order valence-corrected chi connectivity index (χ1v) is 11.4. The number of morpholine rings is 1. The van der Waals surface area contributed by atoms with E-state index < -0.39 is 48.6 Å². The van der Waals surface area contributed by atoms with Crippen molar-refractivity contribution in [1.29, 1.82) is 0 Å². The lowest BCUT2D eigenvalue weighted by Gasteiger charge is -2.39. The molecular weight excluding hydrogens is 450 g/mol. The highest BCUT2D eigenvalue weighted by atomic mass is 16.7. The molecule has 4 N–H and O–H groups in total. The van der Waals surface area contributed by atoms with Crippen molar-refractivity contribution in [2.24, 2.45) is 0 Å². The first-order valence-electron chi connectivity index (χ1n) is 11.4. The first-order chi connectivity index (χ1) is 16.3. The minimum atomic E-state index is -1.82. The summed E-state index contributed by atoms with van der Waals surface area (Å²) in [5, 5.41) is 39.3. The van der Waals surface area contributed by atoms with E-state index in [1.807, 2.05) is 0 Å². The number of aliphatic hydroxyl groups is 3. The summed E-state index contributed by atoms with van der Waals surface area (Å²) in [5.74, 6) is -2.88. The van der Waals surface area contributed by atoms with Gasteiger partial charge < -0.3 is 39.4 Å². The molecule has 11 nitrogen and oxygen atoms in total. The zero-order valence-electron chi connectivity index (χ0n) is 18.5. The van der Waals surface area contributed by atoms with Crippen LogP contribution in [0.4, 0.5) is 0 Å². The number of rotatable bonds is 7. The highest BCUT2D eigenvalue weighted by Gasteiger charge is 2.63. The molecular formula is C23H29NO10. The summed E-state index contributed by atoms with van der Waals surface area (Å²) >= 11 is 0. The van der Waals surface area contributed by atoms with Crippen molar-refractivity contribution in [2.45, 2.75) is 79.9 Å². The Morgan fingerprint density at radius 3 is 2.29 bits per heavy atom. The normalized spacial score (nSPS) is 42.0. The summed E-state index contributed by atoms with van der Waals surface area (Å²) in [4.78, 5) is 26.9. The van der Waals surface area contributed by atoms with Crippen LogP contribution < -0.4 is 0 Å². The van der Waals surface area contributed by atoms with Gasteiger partial charge in [0.2, 0.25) is 0 Å². The van der Waals surface area contributed by atoms with E-state index in [0.717, 1.165) is 0 Å². The zero-order chi connectivity index (χ0) is 24.1. The van der Waals surface area contributed by atoms with Gasteiger partial charge in [0.1, 0.15) is 42.5 Å². The van der Waals surface area contributed by atoms with Crippen LogP contribution in [0.1, 0.15) is 24.3 Å². The Kier molecular flexibility index (Phi) is 6.36. The van der Waals surface area contributed by atoms with Crippen LogP contribution in [0.3, 0.4) is 0 Å². The molecule has 4 aliphatic rings. The van der Waals surface area contributed by atoms with E-state index in [9.17, 15) is 30.0 Å². The number of carboxylic acids is 1. The quantitative estimate of drug-likeness (QED) is 0.276. The molecule has 0 amide bonds. The molecule has 4 saturated heterocycles. The number of aliphatic hydroxyl groups excluding tert-OH is 3. The second-order valence-electron chi connectivity index (χ2n) is 9.43. The van der Waals surface area contributed by atoms with Gasteiger partial charge in [-0.2, -0.15) is 0 Å². The average Bonchev–Trinajstić information content (AvgIpc) is 3.58. The lowest BCUT2D eigenvalue weighted by atomic mass is 9.97. The summed E-state index contributed by atoms with van der Waals surface area (Å²) in [6.45, 7) is -0.284. The van der Waals surface area contributed by atoms with Gasteiger partial charge in [0.25, 0.3) is 0 Å². The van der Waals surface area contributed by atoms with E-state index in [4.69, 9.17) is 18.9 Å².